The van der Waals surface area contributed by atoms with Gasteiger partial charge in [0.25, 0.3) is 0 Å². The van der Waals surface area contributed by atoms with Gasteiger partial charge in [0.15, 0.2) is 0 Å². The Morgan fingerprint density at radius 3 is 3.07 bits per heavy atom. The van der Waals surface area contributed by atoms with Gasteiger partial charge in [0, 0.05) is 10.5 Å². The molecule has 2 N–H and O–H groups in total. The largest absolute Gasteiger partial charge is 0.395 e. The molecule has 0 saturated heterocycles. The molecule has 1 aromatic rings. The van der Waals surface area contributed by atoms with Crippen molar-refractivity contribution >= 4 is 15.9 Å². The highest BCUT2D eigenvalue weighted by molar-refractivity contribution is 9.10. The first-order valence-electron chi connectivity index (χ1n) is 4.91. The van der Waals surface area contributed by atoms with Crippen molar-refractivity contribution in [2.24, 2.45) is 0 Å². The molecule has 14 heavy (non-hydrogen) atoms. The number of rotatable bonds is 1. The van der Waals surface area contributed by atoms with E-state index in [0.717, 1.165) is 23.9 Å². The quantitative estimate of drug-likeness (QED) is 0.798. The molecule has 1 aliphatic heterocycles. The van der Waals surface area contributed by atoms with Gasteiger partial charge in [-0.3, -0.25) is 0 Å². The molecule has 0 aliphatic carbocycles. The van der Waals surface area contributed by atoms with Crippen LogP contribution in [0.3, 0.4) is 0 Å². The zero-order chi connectivity index (χ0) is 9.97. The summed E-state index contributed by atoms with van der Waals surface area (Å²) < 4.78 is 1.12. The maximum Gasteiger partial charge on any atom is 0.0587 e. The normalized spacial score (nSPS) is 21.4. The van der Waals surface area contributed by atoms with Crippen molar-refractivity contribution in [2.75, 3.05) is 13.2 Å². The van der Waals surface area contributed by atoms with Crippen LogP contribution in [0.4, 0.5) is 0 Å². The maximum atomic E-state index is 9.14. The topological polar surface area (TPSA) is 32.3 Å². The second-order valence-corrected chi connectivity index (χ2v) is 4.62. The smallest absolute Gasteiger partial charge is 0.0587 e. The Morgan fingerprint density at radius 1 is 1.43 bits per heavy atom. The van der Waals surface area contributed by atoms with E-state index < -0.39 is 0 Å². The molecule has 0 radical (unpaired) electrons. The van der Waals surface area contributed by atoms with E-state index in [1.165, 1.54) is 11.1 Å². The monoisotopic (exact) mass is 255 g/mol. The lowest BCUT2D eigenvalue weighted by molar-refractivity contribution is 0.244. The van der Waals surface area contributed by atoms with Gasteiger partial charge in [0.05, 0.1) is 6.61 Å². The van der Waals surface area contributed by atoms with Crippen LogP contribution in [0.25, 0.3) is 0 Å². The molecule has 0 amide bonds. The third-order valence-electron chi connectivity index (χ3n) is 2.68. The van der Waals surface area contributed by atoms with Crippen LogP contribution in [-0.4, -0.2) is 24.3 Å². The first-order valence-corrected chi connectivity index (χ1v) is 5.70. The molecule has 2 nitrogen and oxygen atoms in total. The Morgan fingerprint density at radius 2 is 2.29 bits per heavy atom. The molecule has 1 heterocycles. The second kappa shape index (κ2) is 4.43. The van der Waals surface area contributed by atoms with Gasteiger partial charge >= 0.3 is 0 Å². The first-order chi connectivity index (χ1) is 6.79. The maximum absolute atomic E-state index is 9.14. The number of hydrogen-bond acceptors (Lipinski definition) is 2. The Kier molecular flexibility index (Phi) is 3.21. The van der Waals surface area contributed by atoms with E-state index in [1.54, 1.807) is 0 Å². The van der Waals surface area contributed by atoms with E-state index in [0.29, 0.717) is 0 Å². The Bertz CT molecular complexity index is 327. The number of benzene rings is 1. The van der Waals surface area contributed by atoms with Gasteiger partial charge in [-0.25, -0.2) is 0 Å². The van der Waals surface area contributed by atoms with E-state index in [2.05, 4.69) is 39.4 Å². The molecule has 2 rings (SSSR count). The molecule has 0 fully saturated rings. The third-order valence-corrected chi connectivity index (χ3v) is 3.18. The van der Waals surface area contributed by atoms with Gasteiger partial charge in [-0.05, 0) is 42.6 Å². The SMILES string of the molecule is OCC1Cc2cc(Br)ccc2CCN1. The molecule has 3 heteroatoms. The van der Waals surface area contributed by atoms with Gasteiger partial charge in [0.1, 0.15) is 0 Å². The molecule has 1 aromatic carbocycles. The minimum Gasteiger partial charge on any atom is -0.395 e. The van der Waals surface area contributed by atoms with Crippen molar-refractivity contribution in [1.29, 1.82) is 0 Å². The lowest BCUT2D eigenvalue weighted by atomic mass is 10.0. The molecule has 0 aromatic heterocycles. The summed E-state index contributed by atoms with van der Waals surface area (Å²) in [7, 11) is 0. The zero-order valence-corrected chi connectivity index (χ0v) is 9.55. The van der Waals surface area contributed by atoms with E-state index in [-0.39, 0.29) is 12.6 Å². The van der Waals surface area contributed by atoms with Gasteiger partial charge in [-0.1, -0.05) is 22.0 Å². The summed E-state index contributed by atoms with van der Waals surface area (Å²) in [5.74, 6) is 0. The minimum absolute atomic E-state index is 0.213. The van der Waals surface area contributed by atoms with Crippen LogP contribution in [-0.2, 0) is 12.8 Å². The van der Waals surface area contributed by atoms with E-state index in [9.17, 15) is 0 Å². The van der Waals surface area contributed by atoms with Crippen LogP contribution in [0.15, 0.2) is 22.7 Å². The van der Waals surface area contributed by atoms with E-state index in [1.807, 2.05) is 0 Å². The fraction of sp³-hybridized carbons (Fsp3) is 0.455. The highest BCUT2D eigenvalue weighted by atomic mass is 79.9. The summed E-state index contributed by atoms with van der Waals surface area (Å²) in [5.41, 5.74) is 2.75. The first kappa shape index (κ1) is 10.1. The Labute approximate surface area is 92.5 Å². The van der Waals surface area contributed by atoms with Crippen molar-refractivity contribution in [3.8, 4) is 0 Å². The average Bonchev–Trinajstić information content (AvgIpc) is 2.38. The number of halogens is 1. The van der Waals surface area contributed by atoms with Gasteiger partial charge < -0.3 is 10.4 Å². The van der Waals surface area contributed by atoms with Crippen LogP contribution >= 0.6 is 15.9 Å². The van der Waals surface area contributed by atoms with Crippen molar-refractivity contribution in [3.63, 3.8) is 0 Å². The number of hydrogen-bond donors (Lipinski definition) is 2. The van der Waals surface area contributed by atoms with Gasteiger partial charge in [-0.15, -0.1) is 0 Å². The molecular formula is C11H14BrNO. The summed E-state index contributed by atoms with van der Waals surface area (Å²) in [6.07, 6.45) is 1.98. The Balaban J connectivity index is 2.28. The summed E-state index contributed by atoms with van der Waals surface area (Å²) in [6, 6.07) is 6.62. The fourth-order valence-corrected chi connectivity index (χ4v) is 2.31. The lowest BCUT2D eigenvalue weighted by Gasteiger charge is -2.12. The minimum atomic E-state index is 0.213. The summed E-state index contributed by atoms with van der Waals surface area (Å²) in [5, 5.41) is 12.5. The van der Waals surface area contributed by atoms with Crippen molar-refractivity contribution in [3.05, 3.63) is 33.8 Å². The van der Waals surface area contributed by atoms with Crippen LogP contribution in [0, 0.1) is 0 Å². The van der Waals surface area contributed by atoms with E-state index in [4.69, 9.17) is 5.11 Å². The molecule has 1 aliphatic rings. The Hall–Kier alpha value is -0.380. The van der Waals surface area contributed by atoms with E-state index >= 15 is 0 Å². The summed E-state index contributed by atoms with van der Waals surface area (Å²) in [4.78, 5) is 0. The van der Waals surface area contributed by atoms with Gasteiger partial charge in [-0.2, -0.15) is 0 Å². The molecule has 0 spiro atoms. The second-order valence-electron chi connectivity index (χ2n) is 3.70. The standard InChI is InChI=1S/C11H14BrNO/c12-10-2-1-8-3-4-13-11(7-14)6-9(8)5-10/h1-2,5,11,13-14H,3-4,6-7H2. The van der Waals surface area contributed by atoms with Crippen LogP contribution in [0.2, 0.25) is 0 Å². The number of fused-ring (bicyclic) bond motifs is 1. The number of nitrogens with one attached hydrogen (secondary N) is 1. The zero-order valence-electron chi connectivity index (χ0n) is 7.96. The molecule has 76 valence electrons. The molecule has 1 atom stereocenters. The fourth-order valence-electron chi connectivity index (χ4n) is 1.91. The highest BCUT2D eigenvalue weighted by Gasteiger charge is 2.14. The lowest BCUT2D eigenvalue weighted by Crippen LogP contribution is -2.33. The third kappa shape index (κ3) is 2.16. The van der Waals surface area contributed by atoms with Crippen molar-refractivity contribution in [1.82, 2.24) is 5.32 Å². The highest BCUT2D eigenvalue weighted by Crippen LogP contribution is 2.20. The van der Waals surface area contributed by atoms with Crippen LogP contribution < -0.4 is 5.32 Å². The summed E-state index contributed by atoms with van der Waals surface area (Å²) >= 11 is 3.47. The van der Waals surface area contributed by atoms with Crippen LogP contribution in [0.5, 0.6) is 0 Å². The predicted octanol–water partition coefficient (Wildman–Crippen LogP) is 1.50. The molecule has 1 unspecified atom stereocenters. The molecule has 0 saturated carbocycles. The van der Waals surface area contributed by atoms with Crippen molar-refractivity contribution in [2.45, 2.75) is 18.9 Å². The molecule has 0 bridgehead atoms. The summed E-state index contributed by atoms with van der Waals surface area (Å²) in [6.45, 7) is 1.17. The average molecular weight is 256 g/mol. The number of aliphatic hydroxyl groups is 1. The van der Waals surface area contributed by atoms with Crippen LogP contribution in [0.1, 0.15) is 11.1 Å². The van der Waals surface area contributed by atoms with Crippen molar-refractivity contribution < 1.29 is 5.11 Å². The predicted molar refractivity (Wildman–Crippen MR) is 60.4 cm³/mol. The number of aliphatic hydroxyl groups excluding tert-OH is 1. The molecular weight excluding hydrogens is 242 g/mol. The van der Waals surface area contributed by atoms with Gasteiger partial charge in [0.2, 0.25) is 0 Å².